The third-order valence-corrected chi connectivity index (χ3v) is 5.70. The van der Waals surface area contributed by atoms with Crippen molar-refractivity contribution in [1.82, 2.24) is 4.98 Å². The molecule has 0 saturated carbocycles. The molecule has 0 amide bonds. The maximum Gasteiger partial charge on any atom is 0.127 e. The number of nitriles is 1. The molecule has 23 heavy (non-hydrogen) atoms. The van der Waals surface area contributed by atoms with Gasteiger partial charge in [0.15, 0.2) is 0 Å². The molecule has 4 heterocycles. The van der Waals surface area contributed by atoms with Crippen molar-refractivity contribution in [3.8, 4) is 6.07 Å². The lowest BCUT2D eigenvalue weighted by atomic mass is 9.86. The number of thioether (sulfide) groups is 1. The Labute approximate surface area is 139 Å². The maximum absolute atomic E-state index is 13.8. The van der Waals surface area contributed by atoms with Gasteiger partial charge in [-0.05, 0) is 30.5 Å². The van der Waals surface area contributed by atoms with Crippen LogP contribution >= 0.6 is 11.8 Å². The number of hydrogen-bond acceptors (Lipinski definition) is 4. The number of nitrogens with zero attached hydrogens (tertiary/aromatic N) is 3. The van der Waals surface area contributed by atoms with E-state index in [-0.39, 0.29) is 5.82 Å². The second-order valence-electron chi connectivity index (χ2n) is 6.00. The zero-order valence-electron chi connectivity index (χ0n) is 12.6. The Bertz CT molecular complexity index is 791. The van der Waals surface area contributed by atoms with Crippen molar-refractivity contribution < 1.29 is 4.39 Å². The Morgan fingerprint density at radius 2 is 2.09 bits per heavy atom. The van der Waals surface area contributed by atoms with E-state index in [1.165, 1.54) is 17.8 Å². The van der Waals surface area contributed by atoms with Crippen LogP contribution in [0.25, 0.3) is 0 Å². The summed E-state index contributed by atoms with van der Waals surface area (Å²) in [5.74, 6) is 0.791. The van der Waals surface area contributed by atoms with Gasteiger partial charge in [-0.3, -0.25) is 0 Å². The first-order valence-electron chi connectivity index (χ1n) is 7.82. The standard InChI is InChI=1S/C18H16FN3S/c19-15-4-2-1-3-13(15)11-23-18-14(10-20)9-16-17(21-18)12-5-7-22(16)8-6-12/h1-4,9,12H,5-8,11H2. The average Bonchev–Trinajstić information content (AvgIpc) is 2.61. The number of aromatic nitrogens is 1. The molecular weight excluding hydrogens is 309 g/mol. The second kappa shape index (κ2) is 5.86. The SMILES string of the molecule is N#Cc1cc2c(nc1SCc1ccccc1F)C1CCN2CC1. The number of anilines is 1. The van der Waals surface area contributed by atoms with Crippen molar-refractivity contribution in [3.63, 3.8) is 0 Å². The van der Waals surface area contributed by atoms with E-state index in [0.717, 1.165) is 42.3 Å². The minimum atomic E-state index is -0.207. The molecule has 5 rings (SSSR count). The summed E-state index contributed by atoms with van der Waals surface area (Å²) in [6.45, 7) is 2.12. The molecule has 2 aromatic rings. The monoisotopic (exact) mass is 325 g/mol. The molecule has 3 aliphatic rings. The minimum absolute atomic E-state index is 0.207. The van der Waals surface area contributed by atoms with Crippen LogP contribution in [0, 0.1) is 17.1 Å². The molecule has 3 nitrogen and oxygen atoms in total. The van der Waals surface area contributed by atoms with Gasteiger partial charge in [-0.1, -0.05) is 18.2 Å². The molecule has 3 aliphatic heterocycles. The van der Waals surface area contributed by atoms with Crippen LogP contribution in [0.5, 0.6) is 0 Å². The van der Waals surface area contributed by atoms with E-state index in [9.17, 15) is 9.65 Å². The summed E-state index contributed by atoms with van der Waals surface area (Å²) in [5, 5.41) is 10.2. The molecule has 1 fully saturated rings. The van der Waals surface area contributed by atoms with Crippen LogP contribution in [-0.4, -0.2) is 18.1 Å². The lowest BCUT2D eigenvalue weighted by Gasteiger charge is -2.41. The molecule has 2 bridgehead atoms. The Hall–Kier alpha value is -2.06. The topological polar surface area (TPSA) is 39.9 Å². The third-order valence-electron chi connectivity index (χ3n) is 4.66. The summed E-state index contributed by atoms with van der Waals surface area (Å²) >= 11 is 1.45. The van der Waals surface area contributed by atoms with Crippen molar-refractivity contribution >= 4 is 17.4 Å². The molecule has 0 N–H and O–H groups in total. The van der Waals surface area contributed by atoms with Crippen molar-refractivity contribution in [2.24, 2.45) is 0 Å². The molecule has 5 heteroatoms. The third kappa shape index (κ3) is 2.57. The average molecular weight is 325 g/mol. The summed E-state index contributed by atoms with van der Waals surface area (Å²) in [6, 6.07) is 11.0. The van der Waals surface area contributed by atoms with Gasteiger partial charge >= 0.3 is 0 Å². The molecule has 1 saturated heterocycles. The van der Waals surface area contributed by atoms with Gasteiger partial charge in [-0.15, -0.1) is 11.8 Å². The number of rotatable bonds is 3. The first kappa shape index (κ1) is 14.5. The Morgan fingerprint density at radius 1 is 1.30 bits per heavy atom. The molecule has 1 aromatic heterocycles. The fraction of sp³-hybridized carbons (Fsp3) is 0.333. The number of hydrogen-bond donors (Lipinski definition) is 0. The van der Waals surface area contributed by atoms with E-state index in [1.807, 2.05) is 12.1 Å². The lowest BCUT2D eigenvalue weighted by Crippen LogP contribution is -2.39. The Morgan fingerprint density at radius 3 is 2.83 bits per heavy atom. The summed E-state index contributed by atoms with van der Waals surface area (Å²) in [7, 11) is 0. The highest BCUT2D eigenvalue weighted by molar-refractivity contribution is 7.98. The molecule has 0 atom stereocenters. The smallest absolute Gasteiger partial charge is 0.127 e. The molecule has 1 aromatic carbocycles. The van der Waals surface area contributed by atoms with Gasteiger partial charge in [0.25, 0.3) is 0 Å². The van der Waals surface area contributed by atoms with E-state index in [1.54, 1.807) is 12.1 Å². The number of benzene rings is 1. The van der Waals surface area contributed by atoms with Crippen molar-refractivity contribution in [1.29, 1.82) is 5.26 Å². The molecule has 0 aliphatic carbocycles. The molecule has 0 spiro atoms. The number of halogens is 1. The van der Waals surface area contributed by atoms with Crippen molar-refractivity contribution in [2.75, 3.05) is 18.0 Å². The van der Waals surface area contributed by atoms with Gasteiger partial charge in [0, 0.05) is 24.8 Å². The van der Waals surface area contributed by atoms with Crippen LogP contribution < -0.4 is 4.90 Å². The summed E-state index contributed by atoms with van der Waals surface area (Å²) in [5.41, 5.74) is 3.49. The molecule has 0 radical (unpaired) electrons. The minimum Gasteiger partial charge on any atom is -0.370 e. The summed E-state index contributed by atoms with van der Waals surface area (Å²) in [4.78, 5) is 7.12. The maximum atomic E-state index is 13.8. The highest BCUT2D eigenvalue weighted by Crippen LogP contribution is 2.43. The van der Waals surface area contributed by atoms with Gasteiger partial charge in [0.2, 0.25) is 0 Å². The fourth-order valence-electron chi connectivity index (χ4n) is 3.40. The van der Waals surface area contributed by atoms with Crippen molar-refractivity contribution in [2.45, 2.75) is 29.5 Å². The molecule has 116 valence electrons. The van der Waals surface area contributed by atoms with Crippen LogP contribution in [0.3, 0.4) is 0 Å². The number of pyridine rings is 1. The molecular formula is C18H16FN3S. The van der Waals surface area contributed by atoms with Crippen LogP contribution in [0.2, 0.25) is 0 Å². The van der Waals surface area contributed by atoms with Crippen LogP contribution in [-0.2, 0) is 5.75 Å². The number of piperidine rings is 1. The largest absolute Gasteiger partial charge is 0.370 e. The summed E-state index contributed by atoms with van der Waals surface area (Å²) < 4.78 is 13.8. The van der Waals surface area contributed by atoms with Crippen molar-refractivity contribution in [3.05, 3.63) is 53.0 Å². The normalized spacial score (nSPS) is 16.3. The second-order valence-corrected chi connectivity index (χ2v) is 6.96. The van der Waals surface area contributed by atoms with E-state index in [2.05, 4.69) is 11.0 Å². The first-order valence-corrected chi connectivity index (χ1v) is 8.81. The lowest BCUT2D eigenvalue weighted by molar-refractivity contribution is 0.461. The van der Waals surface area contributed by atoms with Crippen LogP contribution in [0.4, 0.5) is 10.1 Å². The van der Waals surface area contributed by atoms with Gasteiger partial charge in [0.1, 0.15) is 16.9 Å². The Balaban J connectivity index is 1.65. The Kier molecular flexibility index (Phi) is 3.70. The zero-order chi connectivity index (χ0) is 15.8. The molecule has 0 unspecified atom stereocenters. The quantitative estimate of drug-likeness (QED) is 0.797. The van der Waals surface area contributed by atoms with E-state index < -0.39 is 0 Å². The van der Waals surface area contributed by atoms with Crippen LogP contribution in [0.1, 0.15) is 35.6 Å². The van der Waals surface area contributed by atoms with E-state index in [0.29, 0.717) is 22.8 Å². The van der Waals surface area contributed by atoms with Gasteiger partial charge in [-0.25, -0.2) is 9.37 Å². The fourth-order valence-corrected chi connectivity index (χ4v) is 4.35. The number of fused-ring (bicyclic) bond motifs is 2. The predicted molar refractivity (Wildman–Crippen MR) is 89.1 cm³/mol. The van der Waals surface area contributed by atoms with Crippen LogP contribution in [0.15, 0.2) is 35.4 Å². The van der Waals surface area contributed by atoms with Gasteiger partial charge in [0.05, 0.1) is 16.9 Å². The first-order chi connectivity index (χ1) is 11.3. The van der Waals surface area contributed by atoms with Gasteiger partial charge < -0.3 is 4.90 Å². The summed E-state index contributed by atoms with van der Waals surface area (Å²) in [6.07, 6.45) is 2.28. The highest BCUT2D eigenvalue weighted by atomic mass is 32.2. The van der Waals surface area contributed by atoms with E-state index in [4.69, 9.17) is 4.98 Å². The van der Waals surface area contributed by atoms with Gasteiger partial charge in [-0.2, -0.15) is 5.26 Å². The highest BCUT2D eigenvalue weighted by Gasteiger charge is 2.33. The predicted octanol–water partition coefficient (Wildman–Crippen LogP) is 4.08. The zero-order valence-corrected chi connectivity index (χ0v) is 13.4. The van der Waals surface area contributed by atoms with E-state index >= 15 is 0 Å².